The lowest BCUT2D eigenvalue weighted by Gasteiger charge is -2.34. The molecule has 2 rings (SSSR count). The van der Waals surface area contributed by atoms with Crippen molar-refractivity contribution in [3.05, 3.63) is 35.6 Å². The highest BCUT2D eigenvalue weighted by Crippen LogP contribution is 2.21. The van der Waals surface area contributed by atoms with Crippen LogP contribution in [0.1, 0.15) is 18.4 Å². The van der Waals surface area contributed by atoms with Crippen LogP contribution in [0, 0.1) is 11.7 Å². The van der Waals surface area contributed by atoms with Gasteiger partial charge in [0.15, 0.2) is 0 Å². The molecule has 3 amide bonds. The molecule has 1 aliphatic heterocycles. The van der Waals surface area contributed by atoms with Crippen LogP contribution in [-0.2, 0) is 11.2 Å². The monoisotopic (exact) mass is 322 g/mol. The van der Waals surface area contributed by atoms with Gasteiger partial charge in [-0.15, -0.1) is 0 Å². The fourth-order valence-electron chi connectivity index (χ4n) is 2.92. The number of urea groups is 1. The van der Waals surface area contributed by atoms with E-state index in [2.05, 4.69) is 5.32 Å². The quantitative estimate of drug-likeness (QED) is 0.740. The van der Waals surface area contributed by atoms with E-state index in [-0.39, 0.29) is 18.3 Å². The minimum absolute atomic E-state index is 0.0350. The number of halogens is 1. The fourth-order valence-corrected chi connectivity index (χ4v) is 2.92. The SMILES string of the molecule is NC(=O)NC[C@@H](N)C(=O)N1CCC[C@@H](Cc2ccc(F)cc2)C1. The zero-order chi connectivity index (χ0) is 16.8. The minimum Gasteiger partial charge on any atom is -0.352 e. The van der Waals surface area contributed by atoms with E-state index in [0.29, 0.717) is 19.0 Å². The van der Waals surface area contributed by atoms with Crippen LogP contribution < -0.4 is 16.8 Å². The van der Waals surface area contributed by atoms with E-state index >= 15 is 0 Å². The van der Waals surface area contributed by atoms with Gasteiger partial charge >= 0.3 is 6.03 Å². The van der Waals surface area contributed by atoms with Gasteiger partial charge in [-0.2, -0.15) is 0 Å². The van der Waals surface area contributed by atoms with E-state index in [0.717, 1.165) is 24.8 Å². The molecule has 1 aliphatic rings. The molecular formula is C16H23FN4O2. The van der Waals surface area contributed by atoms with Gasteiger partial charge in [-0.05, 0) is 42.9 Å². The van der Waals surface area contributed by atoms with Crippen molar-refractivity contribution in [1.82, 2.24) is 10.2 Å². The molecule has 7 heteroatoms. The predicted octanol–water partition coefficient (Wildman–Crippen LogP) is 0.602. The molecule has 1 aromatic carbocycles. The van der Waals surface area contributed by atoms with Crippen molar-refractivity contribution in [3.63, 3.8) is 0 Å². The number of nitrogens with one attached hydrogen (secondary N) is 1. The molecule has 126 valence electrons. The fraction of sp³-hybridized carbons (Fsp3) is 0.500. The van der Waals surface area contributed by atoms with Crippen LogP contribution in [0.2, 0.25) is 0 Å². The number of nitrogens with zero attached hydrogens (tertiary/aromatic N) is 1. The summed E-state index contributed by atoms with van der Waals surface area (Å²) in [6, 6.07) is 4.98. The number of amides is 3. The molecule has 1 heterocycles. The molecule has 0 aromatic heterocycles. The van der Waals surface area contributed by atoms with Crippen LogP contribution in [0.3, 0.4) is 0 Å². The second-order valence-electron chi connectivity index (χ2n) is 5.97. The molecular weight excluding hydrogens is 299 g/mol. The van der Waals surface area contributed by atoms with Crippen molar-refractivity contribution in [3.8, 4) is 0 Å². The molecule has 1 saturated heterocycles. The molecule has 2 atom stereocenters. The predicted molar refractivity (Wildman–Crippen MR) is 85.0 cm³/mol. The molecule has 6 nitrogen and oxygen atoms in total. The summed E-state index contributed by atoms with van der Waals surface area (Å²) < 4.78 is 12.9. The third-order valence-corrected chi connectivity index (χ3v) is 4.08. The normalized spacial score (nSPS) is 19.2. The van der Waals surface area contributed by atoms with E-state index in [1.54, 1.807) is 17.0 Å². The molecule has 0 unspecified atom stereocenters. The van der Waals surface area contributed by atoms with Crippen molar-refractivity contribution in [2.75, 3.05) is 19.6 Å². The molecule has 5 N–H and O–H groups in total. The molecule has 0 saturated carbocycles. The third kappa shape index (κ3) is 5.21. The first-order chi connectivity index (χ1) is 11.0. The first-order valence-electron chi connectivity index (χ1n) is 7.78. The van der Waals surface area contributed by atoms with Crippen LogP contribution >= 0.6 is 0 Å². The molecule has 23 heavy (non-hydrogen) atoms. The molecule has 0 spiro atoms. The van der Waals surface area contributed by atoms with Crippen molar-refractivity contribution in [1.29, 1.82) is 0 Å². The average molecular weight is 322 g/mol. The number of carbonyl (C=O) groups is 2. The summed E-state index contributed by atoms with van der Waals surface area (Å²) >= 11 is 0. The molecule has 1 fully saturated rings. The molecule has 0 radical (unpaired) electrons. The Bertz CT molecular complexity index is 550. The second-order valence-corrected chi connectivity index (χ2v) is 5.97. The number of benzene rings is 1. The summed E-state index contributed by atoms with van der Waals surface area (Å²) in [6.07, 6.45) is 2.74. The Balaban J connectivity index is 1.88. The third-order valence-electron chi connectivity index (χ3n) is 4.08. The van der Waals surface area contributed by atoms with E-state index in [1.807, 2.05) is 0 Å². The van der Waals surface area contributed by atoms with Gasteiger partial charge in [0.25, 0.3) is 0 Å². The maximum Gasteiger partial charge on any atom is 0.312 e. The summed E-state index contributed by atoms with van der Waals surface area (Å²) in [4.78, 5) is 24.7. The summed E-state index contributed by atoms with van der Waals surface area (Å²) in [5.41, 5.74) is 11.8. The highest BCUT2D eigenvalue weighted by molar-refractivity contribution is 5.83. The summed E-state index contributed by atoms with van der Waals surface area (Å²) in [5.74, 6) is -0.0980. The highest BCUT2D eigenvalue weighted by atomic mass is 19.1. The lowest BCUT2D eigenvalue weighted by molar-refractivity contribution is -0.134. The number of primary amides is 1. The molecule has 1 aromatic rings. The Morgan fingerprint density at radius 2 is 2.04 bits per heavy atom. The van der Waals surface area contributed by atoms with Crippen molar-refractivity contribution in [2.24, 2.45) is 17.4 Å². The number of carbonyl (C=O) groups excluding carboxylic acids is 2. The standard InChI is InChI=1S/C16H23FN4O2/c17-13-5-3-11(4-6-13)8-12-2-1-7-21(10-12)15(22)14(18)9-20-16(19)23/h3-6,12,14H,1-2,7-10,18H2,(H3,19,20,23)/t12-,14+/m0/s1. The Kier molecular flexibility index (Phi) is 5.92. The average Bonchev–Trinajstić information content (AvgIpc) is 2.54. The summed E-state index contributed by atoms with van der Waals surface area (Å²) in [5, 5.41) is 2.35. The van der Waals surface area contributed by atoms with Gasteiger partial charge in [0.1, 0.15) is 11.9 Å². The highest BCUT2D eigenvalue weighted by Gasteiger charge is 2.27. The van der Waals surface area contributed by atoms with Gasteiger partial charge in [0.05, 0.1) is 0 Å². The lowest BCUT2D eigenvalue weighted by atomic mass is 9.91. The molecule has 0 aliphatic carbocycles. The van der Waals surface area contributed by atoms with Crippen LogP contribution in [0.15, 0.2) is 24.3 Å². The largest absolute Gasteiger partial charge is 0.352 e. The number of likely N-dealkylation sites (tertiary alicyclic amines) is 1. The van der Waals surface area contributed by atoms with Crippen molar-refractivity contribution < 1.29 is 14.0 Å². The number of piperidine rings is 1. The minimum atomic E-state index is -0.785. The lowest BCUT2D eigenvalue weighted by Crippen LogP contribution is -2.52. The second kappa shape index (κ2) is 7.92. The zero-order valence-corrected chi connectivity index (χ0v) is 13.0. The van der Waals surface area contributed by atoms with Gasteiger partial charge < -0.3 is 21.7 Å². The van der Waals surface area contributed by atoms with Gasteiger partial charge in [-0.1, -0.05) is 12.1 Å². The van der Waals surface area contributed by atoms with Crippen molar-refractivity contribution >= 4 is 11.9 Å². The first-order valence-corrected chi connectivity index (χ1v) is 7.78. The maximum atomic E-state index is 12.9. The maximum absolute atomic E-state index is 12.9. The number of hydrogen-bond donors (Lipinski definition) is 3. The summed E-state index contributed by atoms with van der Waals surface area (Å²) in [7, 11) is 0. The van der Waals surface area contributed by atoms with Crippen molar-refractivity contribution in [2.45, 2.75) is 25.3 Å². The Hall–Kier alpha value is -2.15. The van der Waals surface area contributed by atoms with E-state index in [1.165, 1.54) is 12.1 Å². The Morgan fingerprint density at radius 3 is 2.70 bits per heavy atom. The van der Waals surface area contributed by atoms with Gasteiger partial charge in [-0.25, -0.2) is 9.18 Å². The van der Waals surface area contributed by atoms with E-state index in [4.69, 9.17) is 11.5 Å². The number of rotatable bonds is 5. The smallest absolute Gasteiger partial charge is 0.312 e. The Labute approximate surface area is 135 Å². The van der Waals surface area contributed by atoms with E-state index < -0.39 is 12.1 Å². The number of hydrogen-bond acceptors (Lipinski definition) is 3. The van der Waals surface area contributed by atoms with Crippen LogP contribution in [-0.4, -0.2) is 42.5 Å². The van der Waals surface area contributed by atoms with Gasteiger partial charge in [-0.3, -0.25) is 4.79 Å². The van der Waals surface area contributed by atoms with Crippen LogP contribution in [0.5, 0.6) is 0 Å². The number of nitrogens with two attached hydrogens (primary N) is 2. The first kappa shape index (κ1) is 17.2. The topological polar surface area (TPSA) is 101 Å². The van der Waals surface area contributed by atoms with Crippen LogP contribution in [0.4, 0.5) is 9.18 Å². The Morgan fingerprint density at radius 1 is 1.35 bits per heavy atom. The summed E-state index contributed by atoms with van der Waals surface area (Å²) in [6.45, 7) is 1.33. The van der Waals surface area contributed by atoms with Crippen LogP contribution in [0.25, 0.3) is 0 Å². The van der Waals surface area contributed by atoms with E-state index in [9.17, 15) is 14.0 Å². The molecule has 0 bridgehead atoms. The zero-order valence-electron chi connectivity index (χ0n) is 13.0. The van der Waals surface area contributed by atoms with Gasteiger partial charge in [0.2, 0.25) is 5.91 Å². The van der Waals surface area contributed by atoms with Gasteiger partial charge in [0, 0.05) is 19.6 Å².